The van der Waals surface area contributed by atoms with Crippen LogP contribution in [0.1, 0.15) is 29.0 Å². The van der Waals surface area contributed by atoms with E-state index >= 15 is 0 Å². The molecule has 1 N–H and O–H groups in total. The second-order valence-corrected chi connectivity index (χ2v) is 7.74. The lowest BCUT2D eigenvalue weighted by atomic mass is 9.96. The summed E-state index contributed by atoms with van der Waals surface area (Å²) in [5, 5.41) is 1.01. The van der Waals surface area contributed by atoms with Crippen LogP contribution < -0.4 is 0 Å². The number of aryl methyl sites for hydroxylation is 1. The number of nitrogens with one attached hydrogen (secondary N) is 1. The summed E-state index contributed by atoms with van der Waals surface area (Å²) < 4.78 is 2.33. The van der Waals surface area contributed by atoms with Gasteiger partial charge in [0.2, 0.25) is 0 Å². The molecule has 0 spiro atoms. The first-order chi connectivity index (χ1) is 13.7. The van der Waals surface area contributed by atoms with Crippen LogP contribution in [0.5, 0.6) is 0 Å². The Morgan fingerprint density at radius 3 is 2.71 bits per heavy atom. The summed E-state index contributed by atoms with van der Waals surface area (Å²) in [6, 6.07) is 16.3. The van der Waals surface area contributed by atoms with Crippen molar-refractivity contribution in [2.75, 3.05) is 13.1 Å². The van der Waals surface area contributed by atoms with Gasteiger partial charge in [0.1, 0.15) is 5.82 Å². The highest BCUT2D eigenvalue weighted by Gasteiger charge is 2.26. The van der Waals surface area contributed by atoms with Crippen LogP contribution in [0.25, 0.3) is 21.9 Å². The highest BCUT2D eigenvalue weighted by atomic mass is 16.2. The predicted molar refractivity (Wildman–Crippen MR) is 111 cm³/mol. The van der Waals surface area contributed by atoms with Gasteiger partial charge in [0.15, 0.2) is 0 Å². The summed E-state index contributed by atoms with van der Waals surface area (Å²) in [5.41, 5.74) is 4.07. The SMILES string of the molecule is Cc1nc2ccccc2n1CC1CCN(C(=O)c2c[nH]c3ccccc23)CC1. The first-order valence-electron chi connectivity index (χ1n) is 9.98. The molecule has 0 aliphatic carbocycles. The zero-order chi connectivity index (χ0) is 19.1. The van der Waals surface area contributed by atoms with E-state index in [9.17, 15) is 4.79 Å². The van der Waals surface area contributed by atoms with Crippen molar-refractivity contribution in [3.63, 3.8) is 0 Å². The Balaban J connectivity index is 1.28. The molecule has 0 atom stereocenters. The quantitative estimate of drug-likeness (QED) is 0.580. The highest BCUT2D eigenvalue weighted by molar-refractivity contribution is 6.06. The van der Waals surface area contributed by atoms with Crippen LogP contribution >= 0.6 is 0 Å². The molecular formula is C23H24N4O. The number of aromatic amines is 1. The second-order valence-electron chi connectivity index (χ2n) is 7.74. The molecule has 0 unspecified atom stereocenters. The number of hydrogen-bond donors (Lipinski definition) is 1. The summed E-state index contributed by atoms with van der Waals surface area (Å²) in [6.07, 6.45) is 3.90. The van der Waals surface area contributed by atoms with Gasteiger partial charge in [0.05, 0.1) is 16.6 Å². The molecular weight excluding hydrogens is 348 g/mol. The van der Waals surface area contributed by atoms with Gasteiger partial charge in [-0.15, -0.1) is 0 Å². The van der Waals surface area contributed by atoms with E-state index in [1.165, 1.54) is 5.52 Å². The lowest BCUT2D eigenvalue weighted by Crippen LogP contribution is -2.39. The van der Waals surface area contributed by atoms with E-state index in [0.29, 0.717) is 5.92 Å². The molecule has 4 aromatic rings. The maximum Gasteiger partial charge on any atom is 0.256 e. The average Bonchev–Trinajstić information content (AvgIpc) is 3.29. The number of likely N-dealkylation sites (tertiary alicyclic amines) is 1. The van der Waals surface area contributed by atoms with Crippen molar-refractivity contribution < 1.29 is 4.79 Å². The number of benzene rings is 2. The monoisotopic (exact) mass is 372 g/mol. The van der Waals surface area contributed by atoms with Gasteiger partial charge in [-0.05, 0) is 43.9 Å². The van der Waals surface area contributed by atoms with Crippen LogP contribution in [-0.4, -0.2) is 38.4 Å². The van der Waals surface area contributed by atoms with E-state index < -0.39 is 0 Å². The van der Waals surface area contributed by atoms with Gasteiger partial charge >= 0.3 is 0 Å². The molecule has 5 nitrogen and oxygen atoms in total. The zero-order valence-corrected chi connectivity index (χ0v) is 16.1. The third-order valence-corrected chi connectivity index (χ3v) is 6.01. The van der Waals surface area contributed by atoms with Gasteiger partial charge in [-0.1, -0.05) is 30.3 Å². The van der Waals surface area contributed by atoms with Crippen LogP contribution in [0.3, 0.4) is 0 Å². The lowest BCUT2D eigenvalue weighted by molar-refractivity contribution is 0.0685. The van der Waals surface area contributed by atoms with Crippen LogP contribution in [0.4, 0.5) is 0 Å². The van der Waals surface area contributed by atoms with Gasteiger partial charge in [-0.2, -0.15) is 0 Å². The maximum absolute atomic E-state index is 13.0. The number of para-hydroxylation sites is 3. The molecule has 3 heterocycles. The number of carbonyl (C=O) groups is 1. The number of piperidine rings is 1. The van der Waals surface area contributed by atoms with E-state index in [1.807, 2.05) is 41.4 Å². The minimum Gasteiger partial charge on any atom is -0.360 e. The van der Waals surface area contributed by atoms with Crippen LogP contribution in [0.2, 0.25) is 0 Å². The Labute approximate surface area is 164 Å². The molecule has 1 saturated heterocycles. The Hall–Kier alpha value is -3.08. The summed E-state index contributed by atoms with van der Waals surface area (Å²) in [4.78, 5) is 22.9. The maximum atomic E-state index is 13.0. The predicted octanol–water partition coefficient (Wildman–Crippen LogP) is 4.38. The summed E-state index contributed by atoms with van der Waals surface area (Å²) >= 11 is 0. The van der Waals surface area contributed by atoms with Crippen LogP contribution in [-0.2, 0) is 6.54 Å². The second kappa shape index (κ2) is 6.82. The van der Waals surface area contributed by atoms with E-state index in [0.717, 1.165) is 60.3 Å². The number of imidazole rings is 1. The Morgan fingerprint density at radius 2 is 1.86 bits per heavy atom. The smallest absolute Gasteiger partial charge is 0.256 e. The van der Waals surface area contributed by atoms with Crippen molar-refractivity contribution in [2.45, 2.75) is 26.3 Å². The number of fused-ring (bicyclic) bond motifs is 2. The van der Waals surface area contributed by atoms with E-state index in [1.54, 1.807) is 0 Å². The van der Waals surface area contributed by atoms with Crippen molar-refractivity contribution in [2.24, 2.45) is 5.92 Å². The fourth-order valence-corrected chi connectivity index (χ4v) is 4.42. The van der Waals surface area contributed by atoms with Crippen molar-refractivity contribution >= 4 is 27.8 Å². The van der Waals surface area contributed by atoms with Gasteiger partial charge < -0.3 is 14.5 Å². The molecule has 2 aromatic carbocycles. The zero-order valence-electron chi connectivity index (χ0n) is 16.1. The topological polar surface area (TPSA) is 53.9 Å². The number of aromatic nitrogens is 3. The number of nitrogens with zero attached hydrogens (tertiary/aromatic N) is 3. The molecule has 28 heavy (non-hydrogen) atoms. The van der Waals surface area contributed by atoms with Gasteiger partial charge in [0, 0.05) is 36.7 Å². The molecule has 2 aromatic heterocycles. The molecule has 0 radical (unpaired) electrons. The molecule has 1 aliphatic heterocycles. The van der Waals surface area contributed by atoms with Crippen LogP contribution in [0.15, 0.2) is 54.7 Å². The van der Waals surface area contributed by atoms with Crippen molar-refractivity contribution in [1.29, 1.82) is 0 Å². The number of amides is 1. The number of hydrogen-bond acceptors (Lipinski definition) is 2. The average molecular weight is 372 g/mol. The summed E-state index contributed by atoms with van der Waals surface area (Å²) in [7, 11) is 0. The summed E-state index contributed by atoms with van der Waals surface area (Å²) in [5.74, 6) is 1.78. The Kier molecular flexibility index (Phi) is 4.15. The normalized spacial score (nSPS) is 15.5. The molecule has 5 heteroatoms. The van der Waals surface area contributed by atoms with Crippen LogP contribution in [0, 0.1) is 12.8 Å². The fourth-order valence-electron chi connectivity index (χ4n) is 4.42. The Bertz CT molecular complexity index is 1150. The third-order valence-electron chi connectivity index (χ3n) is 6.01. The largest absolute Gasteiger partial charge is 0.360 e. The molecule has 5 rings (SSSR count). The molecule has 1 fully saturated rings. The van der Waals surface area contributed by atoms with E-state index in [2.05, 4.69) is 39.7 Å². The third kappa shape index (κ3) is 2.87. The fraction of sp³-hybridized carbons (Fsp3) is 0.304. The molecule has 1 aliphatic rings. The van der Waals surface area contributed by atoms with Gasteiger partial charge in [0.25, 0.3) is 5.91 Å². The molecule has 1 amide bonds. The number of H-pyrrole nitrogens is 1. The molecule has 0 bridgehead atoms. The number of carbonyl (C=O) groups excluding carboxylic acids is 1. The lowest BCUT2D eigenvalue weighted by Gasteiger charge is -2.32. The summed E-state index contributed by atoms with van der Waals surface area (Å²) in [6.45, 7) is 4.68. The first kappa shape index (κ1) is 17.0. The Morgan fingerprint density at radius 1 is 1.11 bits per heavy atom. The number of rotatable bonds is 3. The molecule has 0 saturated carbocycles. The highest BCUT2D eigenvalue weighted by Crippen LogP contribution is 2.26. The van der Waals surface area contributed by atoms with Gasteiger partial charge in [-0.3, -0.25) is 4.79 Å². The minimum atomic E-state index is 0.139. The first-order valence-corrected chi connectivity index (χ1v) is 9.98. The van der Waals surface area contributed by atoms with Gasteiger partial charge in [-0.25, -0.2) is 4.98 Å². The standard InChI is InChI=1S/C23H24N4O/c1-16-25-21-8-4-5-9-22(21)27(16)15-17-10-12-26(13-11-17)23(28)19-14-24-20-7-3-2-6-18(19)20/h2-9,14,17,24H,10-13,15H2,1H3. The van der Waals surface area contributed by atoms with E-state index in [4.69, 9.17) is 0 Å². The van der Waals surface area contributed by atoms with Crippen molar-refractivity contribution in [3.8, 4) is 0 Å². The van der Waals surface area contributed by atoms with E-state index in [-0.39, 0.29) is 5.91 Å². The van der Waals surface area contributed by atoms with Crippen molar-refractivity contribution in [3.05, 3.63) is 66.1 Å². The molecule has 142 valence electrons. The van der Waals surface area contributed by atoms with Crippen molar-refractivity contribution in [1.82, 2.24) is 19.4 Å². The minimum absolute atomic E-state index is 0.139.